The Balaban J connectivity index is 2.10. The van der Waals surface area contributed by atoms with E-state index in [2.05, 4.69) is 21.2 Å². The summed E-state index contributed by atoms with van der Waals surface area (Å²) in [6, 6.07) is 11.1. The molecule has 2 nitrogen and oxygen atoms in total. The first kappa shape index (κ1) is 15.7. The summed E-state index contributed by atoms with van der Waals surface area (Å²) in [5, 5.41) is 2.98. The zero-order valence-electron chi connectivity index (χ0n) is 11.2. The van der Waals surface area contributed by atoms with Gasteiger partial charge in [0.2, 0.25) is 0 Å². The van der Waals surface area contributed by atoms with E-state index in [-0.39, 0.29) is 0 Å². The molecule has 1 N–H and O–H groups in total. The van der Waals surface area contributed by atoms with Crippen LogP contribution in [0, 0.1) is 0 Å². The predicted molar refractivity (Wildman–Crippen MR) is 79.5 cm³/mol. The molecule has 2 rings (SSSR count). The van der Waals surface area contributed by atoms with Gasteiger partial charge in [0.05, 0.1) is 12.7 Å². The molecule has 0 heterocycles. The fourth-order valence-electron chi connectivity index (χ4n) is 1.80. The van der Waals surface area contributed by atoms with Gasteiger partial charge in [-0.05, 0) is 35.9 Å². The molecule has 0 saturated carbocycles. The number of hydrogen-bond acceptors (Lipinski definition) is 2. The van der Waals surface area contributed by atoms with Crippen molar-refractivity contribution in [2.75, 3.05) is 12.4 Å². The van der Waals surface area contributed by atoms with Crippen molar-refractivity contribution in [1.29, 1.82) is 0 Å². The second kappa shape index (κ2) is 6.39. The van der Waals surface area contributed by atoms with Crippen LogP contribution in [-0.2, 0) is 12.7 Å². The number of anilines is 1. The lowest BCUT2D eigenvalue weighted by atomic mass is 10.1. The fourth-order valence-corrected chi connectivity index (χ4v) is 2.30. The van der Waals surface area contributed by atoms with Crippen LogP contribution in [0.2, 0.25) is 0 Å². The molecule has 0 aliphatic heterocycles. The van der Waals surface area contributed by atoms with E-state index in [9.17, 15) is 13.2 Å². The highest BCUT2D eigenvalue weighted by Crippen LogP contribution is 2.33. The normalized spacial score (nSPS) is 11.3. The van der Waals surface area contributed by atoms with E-state index in [1.807, 2.05) is 12.1 Å². The maximum atomic E-state index is 12.7. The molecule has 0 radical (unpaired) electrons. The zero-order valence-corrected chi connectivity index (χ0v) is 12.8. The van der Waals surface area contributed by atoms with Gasteiger partial charge in [-0.2, -0.15) is 13.2 Å². The summed E-state index contributed by atoms with van der Waals surface area (Å²) in [5.74, 6) is 0.737. The number of nitrogens with one attached hydrogen (secondary N) is 1. The number of alkyl halides is 3. The van der Waals surface area contributed by atoms with E-state index in [4.69, 9.17) is 4.74 Å². The molecule has 0 unspecified atom stereocenters. The van der Waals surface area contributed by atoms with E-state index in [0.29, 0.717) is 16.7 Å². The number of halogens is 4. The van der Waals surface area contributed by atoms with Gasteiger partial charge < -0.3 is 10.1 Å². The van der Waals surface area contributed by atoms with Gasteiger partial charge >= 0.3 is 6.18 Å². The number of ether oxygens (including phenoxy) is 1. The first-order valence-electron chi connectivity index (χ1n) is 6.13. The van der Waals surface area contributed by atoms with Crippen LogP contribution in [0.25, 0.3) is 0 Å². The van der Waals surface area contributed by atoms with Crippen molar-refractivity contribution in [3.05, 3.63) is 58.1 Å². The van der Waals surface area contributed by atoms with Gasteiger partial charge in [0.25, 0.3) is 0 Å². The molecule has 0 spiro atoms. The topological polar surface area (TPSA) is 21.3 Å². The second-order valence-corrected chi connectivity index (χ2v) is 5.34. The first-order chi connectivity index (χ1) is 9.88. The number of rotatable bonds is 4. The average molecular weight is 360 g/mol. The summed E-state index contributed by atoms with van der Waals surface area (Å²) in [6.07, 6.45) is -4.36. The average Bonchev–Trinajstić information content (AvgIpc) is 2.44. The summed E-state index contributed by atoms with van der Waals surface area (Å²) in [5.41, 5.74) is 0.672. The molecule has 0 aliphatic rings. The molecule has 21 heavy (non-hydrogen) atoms. The Labute approximate surface area is 129 Å². The highest BCUT2D eigenvalue weighted by atomic mass is 79.9. The molecule has 0 saturated heterocycles. The van der Waals surface area contributed by atoms with Crippen molar-refractivity contribution in [1.82, 2.24) is 0 Å². The second-order valence-electron chi connectivity index (χ2n) is 4.43. The lowest BCUT2D eigenvalue weighted by Gasteiger charge is -2.12. The minimum Gasteiger partial charge on any atom is -0.497 e. The van der Waals surface area contributed by atoms with Gasteiger partial charge in [-0.25, -0.2) is 0 Å². The van der Waals surface area contributed by atoms with Crippen molar-refractivity contribution in [2.24, 2.45) is 0 Å². The molecule has 2 aromatic rings. The van der Waals surface area contributed by atoms with Crippen molar-refractivity contribution >= 4 is 21.6 Å². The van der Waals surface area contributed by atoms with E-state index >= 15 is 0 Å². The van der Waals surface area contributed by atoms with Crippen LogP contribution in [0.15, 0.2) is 46.9 Å². The van der Waals surface area contributed by atoms with Crippen LogP contribution in [0.1, 0.15) is 11.1 Å². The van der Waals surface area contributed by atoms with Crippen molar-refractivity contribution < 1.29 is 17.9 Å². The van der Waals surface area contributed by atoms with Crippen molar-refractivity contribution in [2.45, 2.75) is 12.7 Å². The summed E-state index contributed by atoms with van der Waals surface area (Å²) < 4.78 is 43.6. The molecule has 0 fully saturated rings. The molecular formula is C15H13BrF3NO. The standard InChI is InChI=1S/C15H13BrF3NO/c1-21-14-4-2-10(3-5-14)9-20-13-7-11(15(17,18)19)6-12(16)8-13/h2-8,20H,9H2,1H3. The molecule has 2 aromatic carbocycles. The molecule has 0 aromatic heterocycles. The Morgan fingerprint density at radius 3 is 2.33 bits per heavy atom. The molecular weight excluding hydrogens is 347 g/mol. The molecule has 6 heteroatoms. The SMILES string of the molecule is COc1ccc(CNc2cc(Br)cc(C(F)(F)F)c2)cc1. The van der Waals surface area contributed by atoms with Gasteiger partial charge in [0.1, 0.15) is 5.75 Å². The minimum atomic E-state index is -4.36. The molecule has 0 amide bonds. The van der Waals surface area contributed by atoms with Gasteiger partial charge in [-0.15, -0.1) is 0 Å². The van der Waals surface area contributed by atoms with Crippen LogP contribution in [0.4, 0.5) is 18.9 Å². The Hall–Kier alpha value is -1.69. The van der Waals surface area contributed by atoms with E-state index in [0.717, 1.165) is 23.4 Å². The summed E-state index contributed by atoms with van der Waals surface area (Å²) in [4.78, 5) is 0. The van der Waals surface area contributed by atoms with Crippen LogP contribution >= 0.6 is 15.9 Å². The van der Waals surface area contributed by atoms with E-state index in [1.165, 1.54) is 0 Å². The molecule has 0 atom stereocenters. The third-order valence-electron chi connectivity index (χ3n) is 2.88. The van der Waals surface area contributed by atoms with Crippen LogP contribution < -0.4 is 10.1 Å². The Morgan fingerprint density at radius 1 is 1.10 bits per heavy atom. The monoisotopic (exact) mass is 359 g/mol. The van der Waals surface area contributed by atoms with E-state index < -0.39 is 11.7 Å². The summed E-state index contributed by atoms with van der Waals surface area (Å²) in [6.45, 7) is 0.428. The lowest BCUT2D eigenvalue weighted by molar-refractivity contribution is -0.137. The van der Waals surface area contributed by atoms with Crippen LogP contribution in [0.5, 0.6) is 5.75 Å². The third kappa shape index (κ3) is 4.39. The zero-order chi connectivity index (χ0) is 15.5. The highest BCUT2D eigenvalue weighted by Gasteiger charge is 2.31. The Morgan fingerprint density at radius 2 is 1.76 bits per heavy atom. The highest BCUT2D eigenvalue weighted by molar-refractivity contribution is 9.10. The van der Waals surface area contributed by atoms with Gasteiger partial charge in [-0.1, -0.05) is 28.1 Å². The number of benzene rings is 2. The molecule has 112 valence electrons. The third-order valence-corrected chi connectivity index (χ3v) is 3.34. The predicted octanol–water partition coefficient (Wildman–Crippen LogP) is 5.09. The lowest BCUT2D eigenvalue weighted by Crippen LogP contribution is -2.07. The number of methoxy groups -OCH3 is 1. The van der Waals surface area contributed by atoms with Crippen molar-refractivity contribution in [3.63, 3.8) is 0 Å². The molecule has 0 bridgehead atoms. The summed E-state index contributed by atoms with van der Waals surface area (Å²) in [7, 11) is 1.58. The van der Waals surface area contributed by atoms with Gasteiger partial charge in [0, 0.05) is 16.7 Å². The van der Waals surface area contributed by atoms with Crippen molar-refractivity contribution in [3.8, 4) is 5.75 Å². The minimum absolute atomic E-state index is 0.384. The van der Waals surface area contributed by atoms with Crippen LogP contribution in [0.3, 0.4) is 0 Å². The fraction of sp³-hybridized carbons (Fsp3) is 0.200. The number of hydrogen-bond donors (Lipinski definition) is 1. The first-order valence-corrected chi connectivity index (χ1v) is 6.92. The Bertz CT molecular complexity index is 611. The summed E-state index contributed by atoms with van der Waals surface area (Å²) >= 11 is 3.09. The maximum absolute atomic E-state index is 12.7. The smallest absolute Gasteiger partial charge is 0.416 e. The molecule has 0 aliphatic carbocycles. The van der Waals surface area contributed by atoms with Gasteiger partial charge in [0.15, 0.2) is 0 Å². The quantitative estimate of drug-likeness (QED) is 0.820. The largest absolute Gasteiger partial charge is 0.497 e. The maximum Gasteiger partial charge on any atom is 0.416 e. The van der Waals surface area contributed by atoms with Gasteiger partial charge in [-0.3, -0.25) is 0 Å². The van der Waals surface area contributed by atoms with Crippen LogP contribution in [-0.4, -0.2) is 7.11 Å². The van der Waals surface area contributed by atoms with E-state index in [1.54, 1.807) is 25.3 Å². The Kier molecular flexibility index (Phi) is 4.77.